The van der Waals surface area contributed by atoms with Crippen molar-refractivity contribution in [2.45, 2.75) is 51.0 Å². The topological polar surface area (TPSA) is 98.6 Å². The molecule has 1 aromatic carbocycles. The van der Waals surface area contributed by atoms with E-state index in [4.69, 9.17) is 10.3 Å². The van der Waals surface area contributed by atoms with E-state index in [1.807, 2.05) is 43.9 Å². The molecule has 1 atom stereocenters. The van der Waals surface area contributed by atoms with Gasteiger partial charge < -0.3 is 14.5 Å². The molecule has 2 aliphatic rings. The van der Waals surface area contributed by atoms with Crippen LogP contribution in [-0.4, -0.2) is 60.1 Å². The van der Waals surface area contributed by atoms with Crippen molar-refractivity contribution < 1.29 is 14.3 Å². The summed E-state index contributed by atoms with van der Waals surface area (Å²) < 4.78 is 5.54. The van der Waals surface area contributed by atoms with Crippen molar-refractivity contribution in [2.24, 2.45) is 11.0 Å². The second kappa shape index (κ2) is 8.96. The van der Waals surface area contributed by atoms with E-state index in [-0.39, 0.29) is 23.3 Å². The third kappa shape index (κ3) is 5.25. The third-order valence-corrected chi connectivity index (χ3v) is 5.95. The van der Waals surface area contributed by atoms with Crippen molar-refractivity contribution in [3.8, 4) is 0 Å². The molecule has 162 valence electrons. The molecule has 2 fully saturated rings. The quantitative estimate of drug-likeness (QED) is 0.412. The number of nitrogens with zero attached hydrogens (tertiary/aromatic N) is 5. The minimum absolute atomic E-state index is 0.0723. The number of hydrogen-bond acceptors (Lipinski definition) is 4. The highest BCUT2D eigenvalue weighted by atomic mass is 16.6. The Balaban J connectivity index is 1.74. The van der Waals surface area contributed by atoms with E-state index in [0.29, 0.717) is 39.1 Å². The van der Waals surface area contributed by atoms with Gasteiger partial charge >= 0.3 is 6.09 Å². The van der Waals surface area contributed by atoms with Crippen LogP contribution < -0.4 is 0 Å². The van der Waals surface area contributed by atoms with Gasteiger partial charge in [-0.15, -0.1) is 0 Å². The second-order valence-electron chi connectivity index (χ2n) is 9.37. The molecule has 0 aliphatic carbocycles. The number of carbonyl (C=O) groups is 2. The maximum Gasteiger partial charge on any atom is 0.410 e. The van der Waals surface area contributed by atoms with Crippen LogP contribution in [-0.2, 0) is 14.9 Å². The Kier molecular flexibility index (Phi) is 6.56. The Bertz CT molecular complexity index is 806. The van der Waals surface area contributed by atoms with Gasteiger partial charge in [-0.2, -0.15) is 0 Å². The molecule has 30 heavy (non-hydrogen) atoms. The smallest absolute Gasteiger partial charge is 0.410 e. The monoisotopic (exact) mass is 413 g/mol. The average Bonchev–Trinajstić information content (AvgIpc) is 3.05. The summed E-state index contributed by atoms with van der Waals surface area (Å²) in [7, 11) is 0. The molecule has 0 spiro atoms. The first-order valence-corrected chi connectivity index (χ1v) is 10.5. The predicted molar refractivity (Wildman–Crippen MR) is 114 cm³/mol. The molecule has 1 aromatic rings. The van der Waals surface area contributed by atoms with Gasteiger partial charge in [0.25, 0.3) is 0 Å². The molecular formula is C22H31N5O3. The Morgan fingerprint density at radius 3 is 2.53 bits per heavy atom. The van der Waals surface area contributed by atoms with Crippen LogP contribution >= 0.6 is 0 Å². The van der Waals surface area contributed by atoms with Crippen LogP contribution in [0.5, 0.6) is 0 Å². The average molecular weight is 414 g/mol. The van der Waals surface area contributed by atoms with Crippen LogP contribution in [0.25, 0.3) is 10.4 Å². The van der Waals surface area contributed by atoms with Crippen molar-refractivity contribution >= 4 is 12.0 Å². The second-order valence-corrected chi connectivity index (χ2v) is 9.37. The molecular weight excluding hydrogens is 382 g/mol. The van der Waals surface area contributed by atoms with Gasteiger partial charge in [0.2, 0.25) is 5.91 Å². The van der Waals surface area contributed by atoms with E-state index in [2.05, 4.69) is 22.2 Å². The fraction of sp³-hybridized carbons (Fsp3) is 0.636. The number of rotatable bonds is 5. The molecule has 0 aromatic heterocycles. The lowest BCUT2D eigenvalue weighted by atomic mass is 9.72. The lowest BCUT2D eigenvalue weighted by Crippen LogP contribution is -2.51. The molecule has 0 radical (unpaired) electrons. The van der Waals surface area contributed by atoms with Crippen molar-refractivity contribution in [1.82, 2.24) is 9.80 Å². The highest BCUT2D eigenvalue weighted by Crippen LogP contribution is 2.38. The van der Waals surface area contributed by atoms with E-state index in [0.717, 1.165) is 12.8 Å². The minimum atomic E-state index is -0.520. The number of ether oxygens (including phenoxy) is 1. The zero-order chi connectivity index (χ0) is 21.8. The summed E-state index contributed by atoms with van der Waals surface area (Å²) in [6.07, 6.45) is 1.67. The zero-order valence-electron chi connectivity index (χ0n) is 18.1. The van der Waals surface area contributed by atoms with Gasteiger partial charge in [0.1, 0.15) is 5.60 Å². The molecule has 2 aliphatic heterocycles. The molecule has 1 unspecified atom stereocenters. The number of hydrogen-bond donors (Lipinski definition) is 0. The number of azide groups is 1. The molecule has 0 bridgehead atoms. The zero-order valence-corrected chi connectivity index (χ0v) is 18.1. The fourth-order valence-corrected chi connectivity index (χ4v) is 4.42. The van der Waals surface area contributed by atoms with Gasteiger partial charge in [-0.3, -0.25) is 4.79 Å². The lowest BCUT2D eigenvalue weighted by Gasteiger charge is -2.44. The number of carbonyl (C=O) groups excluding carboxylic acids is 2. The van der Waals surface area contributed by atoms with Crippen molar-refractivity contribution in [2.75, 3.05) is 32.7 Å². The number of amides is 2. The van der Waals surface area contributed by atoms with E-state index in [1.54, 1.807) is 4.90 Å². The summed E-state index contributed by atoms with van der Waals surface area (Å²) in [6.45, 7) is 8.37. The van der Waals surface area contributed by atoms with Crippen LogP contribution in [0.1, 0.15) is 45.6 Å². The largest absolute Gasteiger partial charge is 0.444 e. The van der Waals surface area contributed by atoms with Crippen LogP contribution in [0.2, 0.25) is 0 Å². The molecule has 0 N–H and O–H groups in total. The van der Waals surface area contributed by atoms with Crippen molar-refractivity contribution in [1.29, 1.82) is 0 Å². The normalized spacial score (nSPS) is 21.3. The summed E-state index contributed by atoms with van der Waals surface area (Å²) in [5.41, 5.74) is 9.04. The van der Waals surface area contributed by atoms with Crippen molar-refractivity contribution in [3.05, 3.63) is 46.3 Å². The highest BCUT2D eigenvalue weighted by molar-refractivity contribution is 5.79. The summed E-state index contributed by atoms with van der Waals surface area (Å²) in [5.74, 6) is 0.182. The molecule has 2 heterocycles. The summed E-state index contributed by atoms with van der Waals surface area (Å²) in [4.78, 5) is 31.6. The summed E-state index contributed by atoms with van der Waals surface area (Å²) >= 11 is 0. The first-order chi connectivity index (χ1) is 14.2. The lowest BCUT2D eigenvalue weighted by molar-refractivity contribution is -0.128. The Morgan fingerprint density at radius 1 is 1.27 bits per heavy atom. The molecule has 8 nitrogen and oxygen atoms in total. The molecule has 8 heteroatoms. The van der Waals surface area contributed by atoms with Gasteiger partial charge in [0.15, 0.2) is 0 Å². The van der Waals surface area contributed by atoms with Crippen LogP contribution in [0.3, 0.4) is 0 Å². The molecule has 3 rings (SSSR count). The standard InChI is InChI=1S/C22H31N5O3/c1-21(2,3)30-20(29)26-11-9-22(10-12-26,18-7-5-4-6-8-18)16-27-15-17(13-19(27)28)14-24-25-23/h4-8,17H,9-16H2,1-3H3. The van der Waals surface area contributed by atoms with E-state index in [9.17, 15) is 9.59 Å². The summed E-state index contributed by atoms with van der Waals surface area (Å²) in [6, 6.07) is 10.3. The number of piperidine rings is 1. The van der Waals surface area contributed by atoms with E-state index in [1.165, 1.54) is 5.56 Å². The van der Waals surface area contributed by atoms with Gasteiger partial charge in [-0.1, -0.05) is 35.4 Å². The van der Waals surface area contributed by atoms with Gasteiger partial charge in [0.05, 0.1) is 0 Å². The maximum absolute atomic E-state index is 12.6. The van der Waals surface area contributed by atoms with Gasteiger partial charge in [0, 0.05) is 49.5 Å². The fourth-order valence-electron chi connectivity index (χ4n) is 4.42. The number of benzene rings is 1. The Labute approximate surface area is 177 Å². The van der Waals surface area contributed by atoms with E-state index < -0.39 is 5.60 Å². The predicted octanol–water partition coefficient (Wildman–Crippen LogP) is 4.11. The number of likely N-dealkylation sites (tertiary alicyclic amines) is 2. The SMILES string of the molecule is CC(C)(C)OC(=O)N1CCC(CN2CC(CN=[N+]=[N-])CC2=O)(c2ccccc2)CC1. The molecule has 0 saturated carbocycles. The van der Waals surface area contributed by atoms with Crippen LogP contribution in [0.15, 0.2) is 35.4 Å². The van der Waals surface area contributed by atoms with Crippen LogP contribution in [0, 0.1) is 5.92 Å². The third-order valence-electron chi connectivity index (χ3n) is 5.95. The van der Waals surface area contributed by atoms with Gasteiger partial charge in [-0.05, 0) is 50.6 Å². The first-order valence-electron chi connectivity index (χ1n) is 10.5. The molecule has 2 amide bonds. The Hall–Kier alpha value is -2.73. The van der Waals surface area contributed by atoms with Crippen molar-refractivity contribution in [3.63, 3.8) is 0 Å². The van der Waals surface area contributed by atoms with Crippen LogP contribution in [0.4, 0.5) is 4.79 Å². The Morgan fingerprint density at radius 2 is 1.93 bits per heavy atom. The van der Waals surface area contributed by atoms with Gasteiger partial charge in [-0.25, -0.2) is 4.79 Å². The summed E-state index contributed by atoms with van der Waals surface area (Å²) in [5, 5.41) is 3.65. The highest BCUT2D eigenvalue weighted by Gasteiger charge is 2.42. The minimum Gasteiger partial charge on any atom is -0.444 e. The maximum atomic E-state index is 12.6. The molecule has 2 saturated heterocycles. The van der Waals surface area contributed by atoms with E-state index >= 15 is 0 Å². The first kappa shape index (κ1) is 22.0.